The Morgan fingerprint density at radius 3 is 2.47 bits per heavy atom. The van der Waals surface area contributed by atoms with Gasteiger partial charge < -0.3 is 9.55 Å². The molecule has 32 heavy (non-hydrogen) atoms. The fourth-order valence-electron chi connectivity index (χ4n) is 3.90. The van der Waals surface area contributed by atoms with Crippen LogP contribution in [0.15, 0.2) is 90.2 Å². The Morgan fingerprint density at radius 1 is 0.938 bits per heavy atom. The molecule has 0 aliphatic heterocycles. The van der Waals surface area contributed by atoms with Crippen molar-refractivity contribution in [2.75, 3.05) is 0 Å². The van der Waals surface area contributed by atoms with Gasteiger partial charge in [0.2, 0.25) is 0 Å². The second-order valence-electron chi connectivity index (χ2n) is 7.70. The number of nitrogens with zero attached hydrogens (tertiary/aromatic N) is 3. The SMILES string of the molecule is Cc1ccccc1-c1nnc(SC(C(=O)c2c[nH]c3ccccc23)c2ccccc2)n1C. The van der Waals surface area contributed by atoms with Crippen molar-refractivity contribution in [2.24, 2.45) is 7.05 Å². The Bertz CT molecular complexity index is 1400. The number of hydrogen-bond acceptors (Lipinski definition) is 4. The highest BCUT2D eigenvalue weighted by molar-refractivity contribution is 8.00. The van der Waals surface area contributed by atoms with Crippen molar-refractivity contribution in [3.8, 4) is 11.4 Å². The number of nitrogens with one attached hydrogen (secondary N) is 1. The molecule has 0 aliphatic rings. The molecule has 2 aromatic heterocycles. The molecular weight excluding hydrogens is 416 g/mol. The zero-order valence-corrected chi connectivity index (χ0v) is 18.6. The van der Waals surface area contributed by atoms with Gasteiger partial charge in [0.25, 0.3) is 0 Å². The summed E-state index contributed by atoms with van der Waals surface area (Å²) in [6, 6.07) is 25.8. The molecular formula is C26H22N4OS. The van der Waals surface area contributed by atoms with Gasteiger partial charge in [0.1, 0.15) is 5.25 Å². The van der Waals surface area contributed by atoms with Gasteiger partial charge in [0.15, 0.2) is 16.8 Å². The van der Waals surface area contributed by atoms with Crippen molar-refractivity contribution in [1.82, 2.24) is 19.7 Å². The van der Waals surface area contributed by atoms with Crippen molar-refractivity contribution in [1.29, 1.82) is 0 Å². The number of para-hydroxylation sites is 1. The standard InChI is InChI=1S/C26H22N4OS/c1-17-10-6-7-13-19(17)25-28-29-26(30(25)2)32-24(18-11-4-3-5-12-18)23(31)21-16-27-22-15-9-8-14-20(21)22/h3-16,24,27H,1-2H3. The van der Waals surface area contributed by atoms with Crippen LogP contribution < -0.4 is 0 Å². The maximum absolute atomic E-state index is 13.8. The third kappa shape index (κ3) is 3.63. The van der Waals surface area contributed by atoms with Gasteiger partial charge in [-0.15, -0.1) is 10.2 Å². The zero-order chi connectivity index (χ0) is 22.1. The number of carbonyl (C=O) groups is 1. The third-order valence-corrected chi connectivity index (χ3v) is 6.93. The Hall–Kier alpha value is -3.64. The van der Waals surface area contributed by atoms with Crippen LogP contribution in [0, 0.1) is 6.92 Å². The van der Waals surface area contributed by atoms with Gasteiger partial charge in [0.05, 0.1) is 0 Å². The number of hydrogen-bond donors (Lipinski definition) is 1. The van der Waals surface area contributed by atoms with Crippen LogP contribution in [0.5, 0.6) is 0 Å². The molecule has 6 heteroatoms. The van der Waals surface area contributed by atoms with Crippen LogP contribution in [0.2, 0.25) is 0 Å². The first kappa shape index (κ1) is 20.3. The molecule has 3 aromatic carbocycles. The highest BCUT2D eigenvalue weighted by Crippen LogP contribution is 2.39. The number of ketones is 1. The summed E-state index contributed by atoms with van der Waals surface area (Å²) in [4.78, 5) is 17.0. The second-order valence-corrected chi connectivity index (χ2v) is 8.77. The van der Waals surface area contributed by atoms with E-state index in [0.717, 1.165) is 33.4 Å². The topological polar surface area (TPSA) is 63.6 Å². The van der Waals surface area contributed by atoms with Gasteiger partial charge in [-0.1, -0.05) is 84.6 Å². The first-order valence-electron chi connectivity index (χ1n) is 10.4. The molecule has 158 valence electrons. The van der Waals surface area contributed by atoms with Crippen LogP contribution in [0.4, 0.5) is 0 Å². The van der Waals surface area contributed by atoms with Gasteiger partial charge in [-0.3, -0.25) is 4.79 Å². The summed E-state index contributed by atoms with van der Waals surface area (Å²) in [6.07, 6.45) is 1.80. The van der Waals surface area contributed by atoms with Gasteiger partial charge >= 0.3 is 0 Å². The van der Waals surface area contributed by atoms with E-state index in [1.807, 2.05) is 84.4 Å². The van der Waals surface area contributed by atoms with Crippen molar-refractivity contribution in [3.05, 3.63) is 102 Å². The van der Waals surface area contributed by atoms with Crippen LogP contribution >= 0.6 is 11.8 Å². The minimum atomic E-state index is -0.442. The number of benzene rings is 3. The number of H-pyrrole nitrogens is 1. The molecule has 0 bridgehead atoms. The first-order chi connectivity index (χ1) is 15.6. The van der Waals surface area contributed by atoms with E-state index in [9.17, 15) is 4.79 Å². The number of aryl methyl sites for hydroxylation is 1. The highest BCUT2D eigenvalue weighted by atomic mass is 32.2. The summed E-state index contributed by atoms with van der Waals surface area (Å²) in [5.41, 5.74) is 4.74. The van der Waals surface area contributed by atoms with E-state index in [4.69, 9.17) is 0 Å². The van der Waals surface area contributed by atoms with Crippen molar-refractivity contribution >= 4 is 28.4 Å². The van der Waals surface area contributed by atoms with Gasteiger partial charge in [-0.2, -0.15) is 0 Å². The molecule has 2 heterocycles. The van der Waals surface area contributed by atoms with Gasteiger partial charge in [-0.05, 0) is 24.1 Å². The second kappa shape index (κ2) is 8.48. The molecule has 0 saturated carbocycles. The van der Waals surface area contributed by atoms with Gasteiger partial charge in [-0.25, -0.2) is 0 Å². The number of aromatic amines is 1. The predicted molar refractivity (Wildman–Crippen MR) is 129 cm³/mol. The van der Waals surface area contributed by atoms with Crippen molar-refractivity contribution in [2.45, 2.75) is 17.3 Å². The van der Waals surface area contributed by atoms with Crippen LogP contribution in [0.3, 0.4) is 0 Å². The van der Waals surface area contributed by atoms with Crippen LogP contribution in [-0.4, -0.2) is 25.5 Å². The lowest BCUT2D eigenvalue weighted by Crippen LogP contribution is -2.11. The van der Waals surface area contributed by atoms with Crippen molar-refractivity contribution in [3.63, 3.8) is 0 Å². The molecule has 0 fully saturated rings. The number of thioether (sulfide) groups is 1. The van der Waals surface area contributed by atoms with E-state index in [0.29, 0.717) is 10.7 Å². The van der Waals surface area contributed by atoms with E-state index in [1.54, 1.807) is 6.20 Å². The molecule has 5 aromatic rings. The summed E-state index contributed by atoms with van der Waals surface area (Å²) in [5.74, 6) is 0.830. The zero-order valence-electron chi connectivity index (χ0n) is 17.8. The molecule has 0 amide bonds. The molecule has 1 unspecified atom stereocenters. The van der Waals surface area contributed by atoms with E-state index in [2.05, 4.69) is 28.2 Å². The molecule has 1 N–H and O–H groups in total. The summed E-state index contributed by atoms with van der Waals surface area (Å²) in [5, 5.41) is 10.1. The minimum Gasteiger partial charge on any atom is -0.360 e. The summed E-state index contributed by atoms with van der Waals surface area (Å²) < 4.78 is 1.96. The fourth-order valence-corrected chi connectivity index (χ4v) is 4.97. The number of rotatable bonds is 6. The number of fused-ring (bicyclic) bond motifs is 1. The fraction of sp³-hybridized carbons (Fsp3) is 0.115. The molecule has 0 spiro atoms. The number of aromatic nitrogens is 4. The first-order valence-corrected chi connectivity index (χ1v) is 11.3. The molecule has 1 atom stereocenters. The molecule has 5 rings (SSSR count). The maximum Gasteiger partial charge on any atom is 0.192 e. The lowest BCUT2D eigenvalue weighted by Gasteiger charge is -2.15. The number of carbonyl (C=O) groups excluding carboxylic acids is 1. The third-order valence-electron chi connectivity index (χ3n) is 5.64. The van der Waals surface area contributed by atoms with Crippen LogP contribution in [0.1, 0.15) is 26.7 Å². The average molecular weight is 439 g/mol. The largest absolute Gasteiger partial charge is 0.360 e. The Kier molecular flexibility index (Phi) is 5.37. The maximum atomic E-state index is 13.8. The molecule has 0 aliphatic carbocycles. The lowest BCUT2D eigenvalue weighted by molar-refractivity contribution is 0.0991. The Balaban J connectivity index is 1.55. The van der Waals surface area contributed by atoms with E-state index < -0.39 is 5.25 Å². The van der Waals surface area contributed by atoms with E-state index in [1.165, 1.54) is 11.8 Å². The summed E-state index contributed by atoms with van der Waals surface area (Å²) in [6.45, 7) is 2.06. The van der Waals surface area contributed by atoms with Crippen LogP contribution in [0.25, 0.3) is 22.3 Å². The number of Topliss-reactive ketones (excluding diaryl/α,β-unsaturated/α-hetero) is 1. The summed E-state index contributed by atoms with van der Waals surface area (Å²) in [7, 11) is 1.95. The smallest absolute Gasteiger partial charge is 0.192 e. The molecule has 0 radical (unpaired) electrons. The Morgan fingerprint density at radius 2 is 1.66 bits per heavy atom. The molecule has 0 saturated heterocycles. The molecule has 5 nitrogen and oxygen atoms in total. The van der Waals surface area contributed by atoms with E-state index >= 15 is 0 Å². The quantitative estimate of drug-likeness (QED) is 0.261. The van der Waals surface area contributed by atoms with Crippen LogP contribution in [-0.2, 0) is 7.05 Å². The Labute approximate surface area is 190 Å². The minimum absolute atomic E-state index is 0.0408. The lowest BCUT2D eigenvalue weighted by atomic mass is 10.0. The summed E-state index contributed by atoms with van der Waals surface area (Å²) >= 11 is 1.43. The van der Waals surface area contributed by atoms with Gasteiger partial charge in [0, 0.05) is 35.3 Å². The highest BCUT2D eigenvalue weighted by Gasteiger charge is 2.28. The average Bonchev–Trinajstić information content (AvgIpc) is 3.42. The van der Waals surface area contributed by atoms with Crippen molar-refractivity contribution < 1.29 is 4.79 Å². The normalized spacial score (nSPS) is 12.2. The predicted octanol–water partition coefficient (Wildman–Crippen LogP) is 5.99. The van der Waals surface area contributed by atoms with E-state index in [-0.39, 0.29) is 5.78 Å². The monoisotopic (exact) mass is 438 g/mol.